The number of aromatic amines is 1. The molecule has 0 unspecified atom stereocenters. The van der Waals surface area contributed by atoms with Crippen molar-refractivity contribution in [1.29, 1.82) is 0 Å². The molecule has 0 fully saturated rings. The third kappa shape index (κ3) is 12.6. The van der Waals surface area contributed by atoms with Gasteiger partial charge in [-0.25, -0.2) is 4.98 Å². The van der Waals surface area contributed by atoms with Crippen LogP contribution in [0.25, 0.3) is 10.9 Å². The van der Waals surface area contributed by atoms with Gasteiger partial charge < -0.3 is 82.4 Å². The Hall–Kier alpha value is -2.91. The first-order valence-corrected chi connectivity index (χ1v) is 12.6. The van der Waals surface area contributed by atoms with Gasteiger partial charge in [-0.2, -0.15) is 13.2 Å². The van der Waals surface area contributed by atoms with Gasteiger partial charge in [0, 0.05) is 44.1 Å². The lowest BCUT2D eigenvalue weighted by Crippen LogP contribution is -3.00. The van der Waals surface area contributed by atoms with Gasteiger partial charge in [-0.15, -0.1) is 0 Å². The number of carbonyl (C=O) groups is 3. The molecule has 0 aliphatic rings. The number of rotatable bonds is 12. The number of nitrogens with one attached hydrogen (secondary N) is 3. The lowest BCUT2D eigenvalue weighted by molar-refractivity contribution is -0.343. The van der Waals surface area contributed by atoms with Gasteiger partial charge in [0.2, 0.25) is 23.2 Å². The minimum absolute atomic E-state index is 0. The minimum Gasteiger partial charge on any atom is -1.00 e. The van der Waals surface area contributed by atoms with E-state index in [1.54, 1.807) is 12.3 Å². The number of alkyl halides is 3. The first-order valence-electron chi connectivity index (χ1n) is 12.6. The largest absolute Gasteiger partial charge is 1.00 e. The zero-order chi connectivity index (χ0) is 29.3. The molecule has 1 heterocycles. The van der Waals surface area contributed by atoms with E-state index in [4.69, 9.17) is 17.2 Å². The van der Waals surface area contributed by atoms with Gasteiger partial charge in [0.1, 0.15) is 11.7 Å². The van der Waals surface area contributed by atoms with Gasteiger partial charge in [-0.1, -0.05) is 24.3 Å². The molecule has 44 heavy (non-hydrogen) atoms. The van der Waals surface area contributed by atoms with Crippen molar-refractivity contribution in [2.45, 2.75) is 31.1 Å². The van der Waals surface area contributed by atoms with Gasteiger partial charge in [-0.05, 0) is 29.8 Å². The summed E-state index contributed by atoms with van der Waals surface area (Å²) in [6.45, 7) is 0.891. The van der Waals surface area contributed by atoms with E-state index in [1.165, 1.54) is 17.0 Å². The number of halogens is 7. The summed E-state index contributed by atoms with van der Waals surface area (Å²) in [7, 11) is 0. The SMILES string of the molecule is NCCN(CCN)C(=O)C[C@H](N)C(=O)N[C@@H](Cc1ccc(C(F)(F)F)cc1)C(=O)Nc1c[nH+]c2ccccc2c1.[Cl-].[Cl-].[Cl-].[Cl-]. The molecule has 9 N–H and O–H groups in total. The monoisotopic (exact) mass is 700 g/mol. The smallest absolute Gasteiger partial charge is 0.416 e. The second kappa shape index (κ2) is 20.2. The number of H-pyrrole nitrogens is 1. The third-order valence-electron chi connectivity index (χ3n) is 6.16. The lowest BCUT2D eigenvalue weighted by atomic mass is 10.0. The highest BCUT2D eigenvalue weighted by Gasteiger charge is 2.31. The molecule has 0 aliphatic carbocycles. The Kier molecular flexibility index (Phi) is 19.8. The zero-order valence-corrected chi connectivity index (χ0v) is 26.2. The molecular formula is C27H33Cl4F3N7O3-3. The minimum atomic E-state index is -4.52. The van der Waals surface area contributed by atoms with Crippen molar-refractivity contribution in [1.82, 2.24) is 10.2 Å². The van der Waals surface area contributed by atoms with Crippen molar-refractivity contribution in [3.05, 3.63) is 71.9 Å². The van der Waals surface area contributed by atoms with Crippen molar-refractivity contribution in [2.75, 3.05) is 31.5 Å². The number of nitrogens with two attached hydrogens (primary N) is 3. The lowest BCUT2D eigenvalue weighted by Gasteiger charge is -2.24. The van der Waals surface area contributed by atoms with Crippen LogP contribution in [0.4, 0.5) is 18.9 Å². The Labute approximate surface area is 277 Å². The van der Waals surface area contributed by atoms with E-state index in [0.29, 0.717) is 11.3 Å². The van der Waals surface area contributed by atoms with Crippen molar-refractivity contribution >= 4 is 34.3 Å². The summed E-state index contributed by atoms with van der Waals surface area (Å²) in [5, 5.41) is 6.09. The van der Waals surface area contributed by atoms with Crippen LogP contribution in [0.1, 0.15) is 17.5 Å². The van der Waals surface area contributed by atoms with Crippen LogP contribution in [0, 0.1) is 0 Å². The van der Waals surface area contributed by atoms with Crippen LogP contribution >= 0.6 is 0 Å². The summed E-state index contributed by atoms with van der Waals surface area (Å²) in [4.78, 5) is 43.3. The van der Waals surface area contributed by atoms with Crippen LogP contribution in [0.2, 0.25) is 0 Å². The van der Waals surface area contributed by atoms with Crippen molar-refractivity contribution in [3.63, 3.8) is 0 Å². The molecule has 0 bridgehead atoms. The Morgan fingerprint density at radius 2 is 1.48 bits per heavy atom. The second-order valence-electron chi connectivity index (χ2n) is 9.19. The molecule has 10 nitrogen and oxygen atoms in total. The average Bonchev–Trinajstić information content (AvgIpc) is 2.92. The van der Waals surface area contributed by atoms with Gasteiger partial charge >= 0.3 is 6.18 Å². The molecule has 1 aromatic heterocycles. The summed E-state index contributed by atoms with van der Waals surface area (Å²) in [6, 6.07) is 10.9. The summed E-state index contributed by atoms with van der Waals surface area (Å²) in [6.07, 6.45) is -3.41. The Morgan fingerprint density at radius 1 is 0.886 bits per heavy atom. The number of nitrogens with zero attached hydrogens (tertiary/aromatic N) is 1. The van der Waals surface area contributed by atoms with E-state index in [-0.39, 0.29) is 88.6 Å². The highest BCUT2D eigenvalue weighted by molar-refractivity contribution is 5.99. The maximum atomic E-state index is 13.3. The first kappa shape index (κ1) is 43.2. The molecule has 3 rings (SSSR count). The molecule has 0 aliphatic heterocycles. The van der Waals surface area contributed by atoms with Crippen molar-refractivity contribution in [2.24, 2.45) is 17.2 Å². The quantitative estimate of drug-likeness (QED) is 0.126. The van der Waals surface area contributed by atoms with Gasteiger partial charge in [-0.3, -0.25) is 14.4 Å². The molecule has 2 atom stereocenters. The van der Waals surface area contributed by atoms with E-state index in [2.05, 4.69) is 15.6 Å². The van der Waals surface area contributed by atoms with Crippen LogP contribution in [0.5, 0.6) is 0 Å². The molecule has 0 spiro atoms. The molecular weight excluding hydrogens is 669 g/mol. The zero-order valence-electron chi connectivity index (χ0n) is 23.2. The van der Waals surface area contributed by atoms with E-state index in [9.17, 15) is 27.6 Å². The standard InChI is InChI=1S/C27H32F3N7O3.4ClH/c28-27(29,30)19-7-5-17(6-8-19)13-23(26(40)35-20-14-18-3-1-2-4-22(18)34-16-20)36-25(39)21(33)15-24(38)37(11-9-31)12-10-32;;;;/h1-8,14,16,21,23H,9-13,15,31-33H2,(H,35,40)(H,36,39);4*1H/p-3/t21-,23-;;;;/m0..../s1. The van der Waals surface area contributed by atoms with Crippen LogP contribution < -0.4 is 82.4 Å². The number of hydrogen-bond donors (Lipinski definition) is 5. The molecule has 3 amide bonds. The van der Waals surface area contributed by atoms with Gasteiger partial charge in [0.25, 0.3) is 0 Å². The summed E-state index contributed by atoms with van der Waals surface area (Å²) >= 11 is 0. The first-order chi connectivity index (χ1) is 19.0. The molecule has 2 aromatic carbocycles. The molecule has 246 valence electrons. The number of carbonyl (C=O) groups excluding carboxylic acids is 3. The van der Waals surface area contributed by atoms with Crippen LogP contribution in [0.15, 0.2) is 60.8 Å². The molecule has 17 heteroatoms. The van der Waals surface area contributed by atoms with E-state index in [1.807, 2.05) is 24.3 Å². The number of benzene rings is 2. The van der Waals surface area contributed by atoms with Crippen LogP contribution in [0.3, 0.4) is 0 Å². The van der Waals surface area contributed by atoms with Crippen LogP contribution in [-0.2, 0) is 27.0 Å². The average molecular weight is 702 g/mol. The molecule has 0 radical (unpaired) electrons. The Morgan fingerprint density at radius 3 is 2.05 bits per heavy atom. The molecule has 0 saturated heterocycles. The number of pyridine rings is 1. The third-order valence-corrected chi connectivity index (χ3v) is 6.16. The number of para-hydroxylation sites is 1. The van der Waals surface area contributed by atoms with E-state index >= 15 is 0 Å². The van der Waals surface area contributed by atoms with Crippen LogP contribution in [-0.4, -0.2) is 60.9 Å². The number of amides is 3. The number of fused-ring (bicyclic) bond motifs is 1. The van der Waals surface area contributed by atoms with Gasteiger partial charge in [0.05, 0.1) is 18.0 Å². The number of aromatic nitrogens is 1. The predicted molar refractivity (Wildman–Crippen MR) is 143 cm³/mol. The number of anilines is 1. The Bertz CT molecular complexity index is 1330. The van der Waals surface area contributed by atoms with Gasteiger partial charge in [0.15, 0.2) is 6.20 Å². The van der Waals surface area contributed by atoms with Crippen molar-refractivity contribution in [3.8, 4) is 0 Å². The second-order valence-corrected chi connectivity index (χ2v) is 9.19. The molecule has 3 aromatic rings. The summed E-state index contributed by atoms with van der Waals surface area (Å²) in [5.74, 6) is -1.82. The molecule has 0 saturated carbocycles. The maximum absolute atomic E-state index is 13.3. The number of hydrogen-bond acceptors (Lipinski definition) is 6. The topological polar surface area (TPSA) is 171 Å². The summed E-state index contributed by atoms with van der Waals surface area (Å²) in [5.41, 5.74) is 17.8. The fourth-order valence-electron chi connectivity index (χ4n) is 4.06. The highest BCUT2D eigenvalue weighted by atomic mass is 35.5. The normalized spacial score (nSPS) is 11.8. The van der Waals surface area contributed by atoms with Crippen molar-refractivity contribution < 1.29 is 82.2 Å². The summed E-state index contributed by atoms with van der Waals surface area (Å²) < 4.78 is 39.0. The fourth-order valence-corrected chi connectivity index (χ4v) is 4.06. The predicted octanol–water partition coefficient (Wildman–Crippen LogP) is -11.2. The fraction of sp³-hybridized carbons (Fsp3) is 0.333. The Balaban J connectivity index is 0. The maximum Gasteiger partial charge on any atom is 0.416 e. The van der Waals surface area contributed by atoms with E-state index < -0.39 is 41.5 Å². The van der Waals surface area contributed by atoms with E-state index in [0.717, 1.165) is 23.0 Å². The highest BCUT2D eigenvalue weighted by Crippen LogP contribution is 2.29.